The Labute approximate surface area is 190 Å². The van der Waals surface area contributed by atoms with Crippen LogP contribution < -0.4 is 5.56 Å². The zero-order valence-corrected chi connectivity index (χ0v) is 19.2. The van der Waals surface area contributed by atoms with Crippen molar-refractivity contribution in [3.63, 3.8) is 0 Å². The highest BCUT2D eigenvalue weighted by atomic mass is 32.2. The van der Waals surface area contributed by atoms with E-state index < -0.39 is 0 Å². The van der Waals surface area contributed by atoms with Gasteiger partial charge in [-0.1, -0.05) is 42.1 Å². The standard InChI is InChI=1S/C23H18N4OS3/c1-12(30-21-18-14-8-5-9-16(14)31-22(18)25-11-24-21)19-26-20(28)17-15(10-29-23(17)27-19)13-6-3-2-4-7-13/h2-4,6-7,10-12H,5,8-9H2,1H3,(H,26,27,28)/t12-/m1/s1. The molecular formula is C23H18N4OS3. The average molecular weight is 463 g/mol. The quantitative estimate of drug-likeness (QED) is 0.262. The van der Waals surface area contributed by atoms with Gasteiger partial charge in [0.1, 0.15) is 26.8 Å². The number of hydrogen-bond acceptors (Lipinski definition) is 7. The summed E-state index contributed by atoms with van der Waals surface area (Å²) in [7, 11) is 0. The third-order valence-electron chi connectivity index (χ3n) is 5.69. The van der Waals surface area contributed by atoms with Crippen LogP contribution in [0.3, 0.4) is 0 Å². The van der Waals surface area contributed by atoms with Gasteiger partial charge in [-0.3, -0.25) is 4.79 Å². The number of H-pyrrole nitrogens is 1. The molecule has 4 aromatic heterocycles. The van der Waals surface area contributed by atoms with E-state index in [4.69, 9.17) is 4.98 Å². The largest absolute Gasteiger partial charge is 0.309 e. The second kappa shape index (κ2) is 7.55. The maximum Gasteiger partial charge on any atom is 0.260 e. The summed E-state index contributed by atoms with van der Waals surface area (Å²) in [6.45, 7) is 2.07. The molecule has 1 atom stereocenters. The van der Waals surface area contributed by atoms with Gasteiger partial charge in [0, 0.05) is 21.2 Å². The third-order valence-corrected chi connectivity index (χ3v) is 8.87. The van der Waals surface area contributed by atoms with E-state index in [2.05, 4.69) is 21.9 Å². The molecule has 8 heteroatoms. The lowest BCUT2D eigenvalue weighted by Gasteiger charge is -2.11. The van der Waals surface area contributed by atoms with Gasteiger partial charge < -0.3 is 4.98 Å². The van der Waals surface area contributed by atoms with Crippen molar-refractivity contribution in [1.82, 2.24) is 19.9 Å². The van der Waals surface area contributed by atoms with E-state index >= 15 is 0 Å². The number of thiophene rings is 2. The van der Waals surface area contributed by atoms with Crippen LogP contribution in [0.15, 0.2) is 51.9 Å². The predicted octanol–water partition coefficient (Wildman–Crippen LogP) is 6.00. The minimum Gasteiger partial charge on any atom is -0.309 e. The topological polar surface area (TPSA) is 71.5 Å². The summed E-state index contributed by atoms with van der Waals surface area (Å²) in [5.74, 6) is 0.683. The molecule has 1 aliphatic rings. The van der Waals surface area contributed by atoms with Crippen LogP contribution in [0.2, 0.25) is 0 Å². The van der Waals surface area contributed by atoms with Gasteiger partial charge in [-0.25, -0.2) is 15.0 Å². The summed E-state index contributed by atoms with van der Waals surface area (Å²) < 4.78 is 0. The molecule has 1 N–H and O–H groups in total. The van der Waals surface area contributed by atoms with Gasteiger partial charge in [0.2, 0.25) is 0 Å². The molecule has 5 nitrogen and oxygen atoms in total. The molecular weight excluding hydrogens is 444 g/mol. The molecule has 5 aromatic rings. The van der Waals surface area contributed by atoms with E-state index in [1.54, 1.807) is 29.4 Å². The number of nitrogens with one attached hydrogen (secondary N) is 1. The molecule has 0 radical (unpaired) electrons. The van der Waals surface area contributed by atoms with E-state index in [9.17, 15) is 4.79 Å². The lowest BCUT2D eigenvalue weighted by Crippen LogP contribution is -2.12. The first-order valence-electron chi connectivity index (χ1n) is 10.2. The Kier molecular flexibility index (Phi) is 4.66. The minimum absolute atomic E-state index is 0.0329. The van der Waals surface area contributed by atoms with Crippen LogP contribution in [0.25, 0.3) is 31.6 Å². The number of aryl methyl sites for hydroxylation is 2. The monoisotopic (exact) mass is 462 g/mol. The fourth-order valence-electron chi connectivity index (χ4n) is 4.20. The summed E-state index contributed by atoms with van der Waals surface area (Å²) >= 11 is 4.95. The van der Waals surface area contributed by atoms with Gasteiger partial charge in [-0.2, -0.15) is 0 Å². The van der Waals surface area contributed by atoms with Crippen molar-refractivity contribution in [2.45, 2.75) is 36.5 Å². The first-order valence-corrected chi connectivity index (χ1v) is 12.8. The van der Waals surface area contributed by atoms with Crippen LogP contribution in [-0.2, 0) is 12.8 Å². The predicted molar refractivity (Wildman–Crippen MR) is 129 cm³/mol. The number of benzene rings is 1. The molecule has 31 heavy (non-hydrogen) atoms. The Balaban J connectivity index is 1.38. The van der Waals surface area contributed by atoms with Crippen molar-refractivity contribution in [2.75, 3.05) is 0 Å². The Morgan fingerprint density at radius 2 is 1.97 bits per heavy atom. The van der Waals surface area contributed by atoms with Gasteiger partial charge in [-0.05, 0) is 37.3 Å². The molecule has 0 bridgehead atoms. The van der Waals surface area contributed by atoms with Crippen LogP contribution in [0.4, 0.5) is 0 Å². The second-order valence-corrected chi connectivity index (χ2v) is 10.9. The number of hydrogen-bond donors (Lipinski definition) is 1. The average Bonchev–Trinajstić information content (AvgIpc) is 3.49. The van der Waals surface area contributed by atoms with Gasteiger partial charge in [0.25, 0.3) is 5.56 Å². The maximum absolute atomic E-state index is 13.0. The number of rotatable bonds is 4. The smallest absolute Gasteiger partial charge is 0.260 e. The van der Waals surface area contributed by atoms with Crippen molar-refractivity contribution in [1.29, 1.82) is 0 Å². The first-order chi connectivity index (χ1) is 15.2. The highest BCUT2D eigenvalue weighted by molar-refractivity contribution is 7.99. The Morgan fingerprint density at radius 1 is 1.10 bits per heavy atom. The molecule has 0 fully saturated rings. The van der Waals surface area contributed by atoms with E-state index in [0.717, 1.165) is 38.7 Å². The highest BCUT2D eigenvalue weighted by Crippen LogP contribution is 2.43. The minimum atomic E-state index is -0.0863. The molecule has 1 aromatic carbocycles. The number of aromatic nitrogens is 4. The Morgan fingerprint density at radius 3 is 2.84 bits per heavy atom. The molecule has 4 heterocycles. The SMILES string of the molecule is C[C@@H](Sc1ncnc2sc3c(c12)CCC3)c1nc2scc(-c3ccccc3)c2c(=O)[nH]1. The van der Waals surface area contributed by atoms with Crippen molar-refractivity contribution in [3.05, 3.63) is 68.7 Å². The van der Waals surface area contributed by atoms with E-state index in [1.165, 1.54) is 33.6 Å². The van der Waals surface area contributed by atoms with E-state index in [1.807, 2.05) is 35.7 Å². The molecule has 0 spiro atoms. The summed E-state index contributed by atoms with van der Waals surface area (Å²) in [6.07, 6.45) is 5.10. The van der Waals surface area contributed by atoms with E-state index in [0.29, 0.717) is 11.2 Å². The van der Waals surface area contributed by atoms with Crippen LogP contribution >= 0.6 is 34.4 Å². The Bertz CT molecular complexity index is 1490. The summed E-state index contributed by atoms with van der Waals surface area (Å²) in [6, 6.07) is 9.98. The molecule has 0 saturated carbocycles. The number of thioether (sulfide) groups is 1. The zero-order valence-electron chi connectivity index (χ0n) is 16.7. The van der Waals surface area contributed by atoms with Crippen molar-refractivity contribution < 1.29 is 0 Å². The van der Waals surface area contributed by atoms with E-state index in [-0.39, 0.29) is 10.8 Å². The van der Waals surface area contributed by atoms with Crippen LogP contribution in [0.1, 0.15) is 34.9 Å². The highest BCUT2D eigenvalue weighted by Gasteiger charge is 2.23. The normalized spacial score (nSPS) is 14.4. The lowest BCUT2D eigenvalue weighted by atomic mass is 10.1. The molecule has 6 rings (SSSR count). The third kappa shape index (κ3) is 3.21. The first kappa shape index (κ1) is 19.2. The van der Waals surface area contributed by atoms with Crippen LogP contribution in [0.5, 0.6) is 0 Å². The molecule has 0 saturated heterocycles. The fourth-order valence-corrected chi connectivity index (χ4v) is 7.45. The fraction of sp³-hybridized carbons (Fsp3) is 0.217. The lowest BCUT2D eigenvalue weighted by molar-refractivity contribution is 0.912. The molecule has 0 aliphatic heterocycles. The van der Waals surface area contributed by atoms with Crippen LogP contribution in [0, 0.1) is 0 Å². The second-order valence-electron chi connectivity index (χ2n) is 7.62. The van der Waals surface area contributed by atoms with Crippen molar-refractivity contribution in [2.24, 2.45) is 0 Å². The van der Waals surface area contributed by atoms with Gasteiger partial charge >= 0.3 is 0 Å². The summed E-state index contributed by atoms with van der Waals surface area (Å²) in [5.41, 5.74) is 3.30. The van der Waals surface area contributed by atoms with Crippen molar-refractivity contribution in [3.8, 4) is 11.1 Å². The zero-order chi connectivity index (χ0) is 20.9. The number of aromatic amines is 1. The maximum atomic E-state index is 13.0. The van der Waals surface area contributed by atoms with Gasteiger partial charge in [-0.15, -0.1) is 22.7 Å². The van der Waals surface area contributed by atoms with Gasteiger partial charge in [0.15, 0.2) is 0 Å². The Hall–Kier alpha value is -2.55. The summed E-state index contributed by atoms with van der Waals surface area (Å²) in [5, 5.41) is 4.83. The molecule has 154 valence electrons. The molecule has 0 amide bonds. The van der Waals surface area contributed by atoms with Gasteiger partial charge in [0.05, 0.1) is 10.6 Å². The molecule has 1 aliphatic carbocycles. The molecule has 0 unspecified atom stereocenters. The number of nitrogens with zero attached hydrogens (tertiary/aromatic N) is 3. The van der Waals surface area contributed by atoms with Crippen LogP contribution in [-0.4, -0.2) is 19.9 Å². The number of fused-ring (bicyclic) bond motifs is 4. The summed E-state index contributed by atoms with van der Waals surface area (Å²) in [4.78, 5) is 33.2. The van der Waals surface area contributed by atoms with Crippen molar-refractivity contribution >= 4 is 54.9 Å².